The van der Waals surface area contributed by atoms with Gasteiger partial charge in [0.15, 0.2) is 0 Å². The number of aromatic amines is 1. The lowest BCUT2D eigenvalue weighted by Crippen LogP contribution is -2.42. The van der Waals surface area contributed by atoms with Crippen molar-refractivity contribution < 1.29 is 19.4 Å². The molecule has 5 aromatic rings. The molecule has 0 radical (unpaired) electrons. The molecule has 1 heterocycles. The minimum atomic E-state index is -1.08. The molecule has 1 amide bonds. The van der Waals surface area contributed by atoms with Crippen molar-refractivity contribution in [1.82, 2.24) is 10.3 Å². The topological polar surface area (TPSA) is 91.4 Å². The van der Waals surface area contributed by atoms with E-state index in [0.717, 1.165) is 38.6 Å². The van der Waals surface area contributed by atoms with Crippen LogP contribution in [0.3, 0.4) is 0 Å². The molecular weight excluding hydrogens is 440 g/mol. The van der Waals surface area contributed by atoms with Crippen LogP contribution in [0.2, 0.25) is 0 Å². The first-order valence-electron chi connectivity index (χ1n) is 11.4. The monoisotopic (exact) mass is 464 g/mol. The molecule has 35 heavy (non-hydrogen) atoms. The van der Waals surface area contributed by atoms with Crippen LogP contribution in [0.4, 0.5) is 0 Å². The van der Waals surface area contributed by atoms with E-state index in [4.69, 9.17) is 4.74 Å². The average Bonchev–Trinajstić information content (AvgIpc) is 3.30. The molecule has 5 rings (SSSR count). The van der Waals surface area contributed by atoms with Crippen molar-refractivity contribution in [2.24, 2.45) is 0 Å². The van der Waals surface area contributed by atoms with Gasteiger partial charge in [0, 0.05) is 29.1 Å². The van der Waals surface area contributed by atoms with Gasteiger partial charge in [-0.15, -0.1) is 0 Å². The number of aromatic nitrogens is 1. The number of aliphatic carboxylic acids is 1. The number of benzene rings is 4. The zero-order valence-corrected chi connectivity index (χ0v) is 18.9. The van der Waals surface area contributed by atoms with E-state index in [1.54, 1.807) is 18.3 Å². The maximum atomic E-state index is 12.9. The van der Waals surface area contributed by atoms with Gasteiger partial charge in [0.05, 0.1) is 0 Å². The number of carbonyl (C=O) groups is 2. The van der Waals surface area contributed by atoms with Crippen LogP contribution in [-0.4, -0.2) is 28.0 Å². The number of rotatable bonds is 8. The molecule has 0 bridgehead atoms. The fourth-order valence-corrected chi connectivity index (χ4v) is 4.16. The van der Waals surface area contributed by atoms with Crippen LogP contribution in [0.5, 0.6) is 5.75 Å². The van der Waals surface area contributed by atoms with E-state index in [-0.39, 0.29) is 6.42 Å². The minimum absolute atomic E-state index is 0.181. The van der Waals surface area contributed by atoms with Crippen molar-refractivity contribution in [2.45, 2.75) is 19.1 Å². The van der Waals surface area contributed by atoms with E-state index in [0.29, 0.717) is 12.2 Å². The molecule has 1 aromatic heterocycles. The predicted octanol–water partition coefficient (Wildman–Crippen LogP) is 5.33. The van der Waals surface area contributed by atoms with Crippen molar-refractivity contribution in [3.63, 3.8) is 0 Å². The second kappa shape index (κ2) is 9.73. The van der Waals surface area contributed by atoms with E-state index in [9.17, 15) is 14.7 Å². The van der Waals surface area contributed by atoms with Crippen LogP contribution in [0.15, 0.2) is 97.2 Å². The lowest BCUT2D eigenvalue weighted by atomic mass is 10.0. The number of carboxylic acids is 1. The van der Waals surface area contributed by atoms with Gasteiger partial charge in [-0.2, -0.15) is 0 Å². The van der Waals surface area contributed by atoms with Crippen molar-refractivity contribution in [1.29, 1.82) is 0 Å². The molecule has 0 aliphatic carbocycles. The number of hydrogen-bond acceptors (Lipinski definition) is 3. The number of amides is 1. The first kappa shape index (κ1) is 22.2. The number of carbonyl (C=O) groups excluding carboxylic acids is 1. The summed E-state index contributed by atoms with van der Waals surface area (Å²) in [7, 11) is 0. The molecule has 0 spiro atoms. The highest BCUT2D eigenvalue weighted by Crippen LogP contribution is 2.24. The van der Waals surface area contributed by atoms with Gasteiger partial charge in [-0.1, -0.05) is 60.7 Å². The summed E-state index contributed by atoms with van der Waals surface area (Å²) in [6, 6.07) is 27.6. The van der Waals surface area contributed by atoms with Gasteiger partial charge in [-0.3, -0.25) is 4.79 Å². The fraction of sp³-hybridized carbons (Fsp3) is 0.103. The van der Waals surface area contributed by atoms with Gasteiger partial charge in [0.2, 0.25) is 0 Å². The van der Waals surface area contributed by atoms with Crippen molar-refractivity contribution in [3.05, 3.63) is 114 Å². The summed E-state index contributed by atoms with van der Waals surface area (Å²) in [5.74, 6) is -0.767. The smallest absolute Gasteiger partial charge is 0.326 e. The standard InChI is InChI=1S/C29H24N2O4/c32-28(31-27(29(33)34)16-23-17-30-26-9-5-4-8-25(23)26)22-11-10-21-15-24(13-12-20(21)14-22)35-18-19-6-2-1-3-7-19/h1-15,17,27,30H,16,18H2,(H,31,32)(H,33,34)/t27-/m0/s1. The van der Waals surface area contributed by atoms with E-state index in [1.165, 1.54) is 0 Å². The fourth-order valence-electron chi connectivity index (χ4n) is 4.16. The van der Waals surface area contributed by atoms with Crippen molar-refractivity contribution in [3.8, 4) is 5.75 Å². The van der Waals surface area contributed by atoms with Crippen LogP contribution in [-0.2, 0) is 17.8 Å². The molecule has 6 nitrogen and oxygen atoms in total. The molecule has 0 aliphatic rings. The van der Waals surface area contributed by atoms with Crippen LogP contribution in [0.25, 0.3) is 21.7 Å². The van der Waals surface area contributed by atoms with E-state index in [1.807, 2.05) is 78.9 Å². The van der Waals surface area contributed by atoms with Crippen LogP contribution >= 0.6 is 0 Å². The Balaban J connectivity index is 1.29. The highest BCUT2D eigenvalue weighted by atomic mass is 16.5. The Hall–Kier alpha value is -4.58. The number of hydrogen-bond donors (Lipinski definition) is 3. The van der Waals surface area contributed by atoms with Gasteiger partial charge in [-0.25, -0.2) is 4.79 Å². The number of H-pyrrole nitrogens is 1. The molecule has 0 fully saturated rings. The number of carboxylic acid groups (broad SMARTS) is 1. The molecule has 4 aromatic carbocycles. The quantitative estimate of drug-likeness (QED) is 0.290. The molecule has 0 aliphatic heterocycles. The molecule has 6 heteroatoms. The Labute approximate surface area is 202 Å². The number of para-hydroxylation sites is 1. The molecule has 174 valence electrons. The maximum absolute atomic E-state index is 12.9. The zero-order chi connectivity index (χ0) is 24.2. The summed E-state index contributed by atoms with van der Waals surface area (Å²) in [6.07, 6.45) is 1.97. The van der Waals surface area contributed by atoms with Crippen molar-refractivity contribution >= 4 is 33.6 Å². The normalized spacial score (nSPS) is 11.9. The predicted molar refractivity (Wildman–Crippen MR) is 136 cm³/mol. The molecular formula is C29H24N2O4. The van der Waals surface area contributed by atoms with Gasteiger partial charge in [0.1, 0.15) is 18.4 Å². The first-order chi connectivity index (χ1) is 17.1. The van der Waals surface area contributed by atoms with E-state index in [2.05, 4.69) is 10.3 Å². The molecule has 0 unspecified atom stereocenters. The third kappa shape index (κ3) is 5.01. The second-order valence-corrected chi connectivity index (χ2v) is 8.43. The lowest BCUT2D eigenvalue weighted by molar-refractivity contribution is -0.139. The summed E-state index contributed by atoms with van der Waals surface area (Å²) in [6.45, 7) is 0.472. The first-order valence-corrected chi connectivity index (χ1v) is 11.4. The van der Waals surface area contributed by atoms with Gasteiger partial charge >= 0.3 is 5.97 Å². The molecule has 1 atom stereocenters. The minimum Gasteiger partial charge on any atom is -0.489 e. The van der Waals surface area contributed by atoms with Gasteiger partial charge in [-0.05, 0) is 52.2 Å². The van der Waals surface area contributed by atoms with Gasteiger partial charge < -0.3 is 20.1 Å². The summed E-state index contributed by atoms with van der Waals surface area (Å²) in [5.41, 5.74) is 3.26. The van der Waals surface area contributed by atoms with Crippen LogP contribution < -0.4 is 10.1 Å². The SMILES string of the molecule is O=C(N[C@@H](Cc1c[nH]c2ccccc12)C(=O)O)c1ccc2cc(OCc3ccccc3)ccc2c1. The maximum Gasteiger partial charge on any atom is 0.326 e. The number of ether oxygens (including phenoxy) is 1. The Morgan fingerprint density at radius 3 is 2.46 bits per heavy atom. The zero-order valence-electron chi connectivity index (χ0n) is 18.9. The summed E-state index contributed by atoms with van der Waals surface area (Å²) in [4.78, 5) is 28.0. The second-order valence-electron chi connectivity index (χ2n) is 8.43. The van der Waals surface area contributed by atoms with Crippen molar-refractivity contribution in [2.75, 3.05) is 0 Å². The molecule has 0 saturated heterocycles. The highest BCUT2D eigenvalue weighted by Gasteiger charge is 2.22. The summed E-state index contributed by atoms with van der Waals surface area (Å²) < 4.78 is 5.89. The molecule has 0 saturated carbocycles. The number of fused-ring (bicyclic) bond motifs is 2. The third-order valence-electron chi connectivity index (χ3n) is 6.02. The van der Waals surface area contributed by atoms with Gasteiger partial charge in [0.25, 0.3) is 5.91 Å². The third-order valence-corrected chi connectivity index (χ3v) is 6.02. The Morgan fingerprint density at radius 1 is 0.886 bits per heavy atom. The van der Waals surface area contributed by atoms with E-state index >= 15 is 0 Å². The average molecular weight is 465 g/mol. The molecule has 3 N–H and O–H groups in total. The largest absolute Gasteiger partial charge is 0.489 e. The highest BCUT2D eigenvalue weighted by molar-refractivity contribution is 6.00. The van der Waals surface area contributed by atoms with E-state index < -0.39 is 17.9 Å². The summed E-state index contributed by atoms with van der Waals surface area (Å²) >= 11 is 0. The van der Waals surface area contributed by atoms with Crippen LogP contribution in [0, 0.1) is 0 Å². The Bertz CT molecular complexity index is 1510. The Morgan fingerprint density at radius 2 is 1.63 bits per heavy atom. The number of nitrogens with one attached hydrogen (secondary N) is 2. The lowest BCUT2D eigenvalue weighted by Gasteiger charge is -2.15. The summed E-state index contributed by atoms with van der Waals surface area (Å²) in [5, 5.41) is 15.2. The van der Waals surface area contributed by atoms with Crippen LogP contribution in [0.1, 0.15) is 21.5 Å². The Kier molecular flexibility index (Phi) is 6.18.